The number of hydrogen-bond acceptors (Lipinski definition) is 3. The van der Waals surface area contributed by atoms with E-state index in [2.05, 4.69) is 13.8 Å². The minimum atomic E-state index is -0.767. The Balaban J connectivity index is 2.58. The van der Waals surface area contributed by atoms with Crippen LogP contribution in [-0.2, 0) is 20.4 Å². The fourth-order valence-corrected chi connectivity index (χ4v) is 3.12. The summed E-state index contributed by atoms with van der Waals surface area (Å²) >= 11 is 0. The van der Waals surface area contributed by atoms with Crippen LogP contribution in [0.1, 0.15) is 43.4 Å². The van der Waals surface area contributed by atoms with Gasteiger partial charge in [-0.15, -0.1) is 0 Å². The maximum absolute atomic E-state index is 11.6. The van der Waals surface area contributed by atoms with Crippen LogP contribution in [0, 0.1) is 6.92 Å². The molecule has 0 radical (unpaired) electrons. The summed E-state index contributed by atoms with van der Waals surface area (Å²) in [6, 6.07) is 3.96. The molecule has 116 valence electrons. The lowest BCUT2D eigenvalue weighted by Crippen LogP contribution is -2.27. The Morgan fingerprint density at radius 2 is 1.95 bits per heavy atom. The fourth-order valence-electron chi connectivity index (χ4n) is 3.12. The summed E-state index contributed by atoms with van der Waals surface area (Å²) < 4.78 is 10.7. The molecule has 0 heterocycles. The van der Waals surface area contributed by atoms with E-state index in [-0.39, 0.29) is 5.41 Å². The van der Waals surface area contributed by atoms with E-state index in [0.717, 1.165) is 16.7 Å². The molecule has 4 nitrogen and oxygen atoms in total. The van der Waals surface area contributed by atoms with Gasteiger partial charge in [0.2, 0.25) is 0 Å². The molecule has 1 fully saturated rings. The van der Waals surface area contributed by atoms with Crippen LogP contribution in [0.2, 0.25) is 0 Å². The predicted molar refractivity (Wildman–Crippen MR) is 81.2 cm³/mol. The first-order chi connectivity index (χ1) is 9.78. The highest BCUT2D eigenvalue weighted by atomic mass is 16.5. The molecule has 0 atom stereocenters. The van der Waals surface area contributed by atoms with Gasteiger partial charge in [0.1, 0.15) is 5.75 Å². The highest BCUT2D eigenvalue weighted by Gasteiger charge is 2.53. The van der Waals surface area contributed by atoms with Crippen LogP contribution in [0.15, 0.2) is 12.1 Å². The maximum Gasteiger partial charge on any atom is 0.314 e. The van der Waals surface area contributed by atoms with E-state index in [4.69, 9.17) is 9.47 Å². The second kappa shape index (κ2) is 5.34. The monoisotopic (exact) mass is 292 g/mol. The number of methoxy groups -OCH3 is 2. The van der Waals surface area contributed by atoms with Crippen LogP contribution in [0.25, 0.3) is 0 Å². The largest absolute Gasteiger partial charge is 0.496 e. The Bertz CT molecular complexity index is 556. The van der Waals surface area contributed by atoms with Gasteiger partial charge in [-0.1, -0.05) is 19.9 Å². The smallest absolute Gasteiger partial charge is 0.314 e. The Labute approximate surface area is 126 Å². The Morgan fingerprint density at radius 3 is 2.38 bits per heavy atom. The van der Waals surface area contributed by atoms with Gasteiger partial charge in [-0.25, -0.2) is 0 Å². The van der Waals surface area contributed by atoms with E-state index in [1.54, 1.807) is 14.2 Å². The normalized spacial score (nSPS) is 16.6. The van der Waals surface area contributed by atoms with Gasteiger partial charge in [0.25, 0.3) is 0 Å². The zero-order valence-corrected chi connectivity index (χ0v) is 13.4. The molecule has 1 aromatic rings. The molecule has 21 heavy (non-hydrogen) atoms. The summed E-state index contributed by atoms with van der Waals surface area (Å²) in [6.45, 7) is 6.82. The van der Waals surface area contributed by atoms with Gasteiger partial charge in [-0.05, 0) is 37.0 Å². The Morgan fingerprint density at radius 1 is 1.33 bits per heavy atom. The van der Waals surface area contributed by atoms with Gasteiger partial charge in [0.15, 0.2) is 0 Å². The standard InChI is InChI=1S/C17H24O4/c1-11-8-14(21-5)13(17(6-7-17)15(18)19)9-12(11)16(2,3)10-20-4/h8-9H,6-7,10H2,1-5H3,(H,18,19). The summed E-state index contributed by atoms with van der Waals surface area (Å²) in [6.07, 6.45) is 1.35. The van der Waals surface area contributed by atoms with Crippen molar-refractivity contribution < 1.29 is 19.4 Å². The van der Waals surface area contributed by atoms with Crippen molar-refractivity contribution >= 4 is 5.97 Å². The zero-order chi connectivity index (χ0) is 15.8. The van der Waals surface area contributed by atoms with Gasteiger partial charge >= 0.3 is 5.97 Å². The van der Waals surface area contributed by atoms with E-state index in [1.807, 2.05) is 19.1 Å². The first-order valence-corrected chi connectivity index (χ1v) is 7.20. The lowest BCUT2D eigenvalue weighted by atomic mass is 9.79. The van der Waals surface area contributed by atoms with Crippen LogP contribution in [-0.4, -0.2) is 31.9 Å². The topological polar surface area (TPSA) is 55.8 Å². The van der Waals surface area contributed by atoms with Crippen molar-refractivity contribution in [3.63, 3.8) is 0 Å². The van der Waals surface area contributed by atoms with Crippen molar-refractivity contribution in [2.75, 3.05) is 20.8 Å². The van der Waals surface area contributed by atoms with Crippen LogP contribution in [0.3, 0.4) is 0 Å². The number of carboxylic acid groups (broad SMARTS) is 1. The highest BCUT2D eigenvalue weighted by molar-refractivity contribution is 5.86. The maximum atomic E-state index is 11.6. The second-order valence-corrected chi connectivity index (χ2v) is 6.57. The van der Waals surface area contributed by atoms with Gasteiger partial charge in [-0.2, -0.15) is 0 Å². The van der Waals surface area contributed by atoms with E-state index >= 15 is 0 Å². The van der Waals surface area contributed by atoms with Crippen molar-refractivity contribution in [1.82, 2.24) is 0 Å². The molecular weight excluding hydrogens is 268 g/mol. The van der Waals surface area contributed by atoms with E-state index < -0.39 is 11.4 Å². The highest BCUT2D eigenvalue weighted by Crippen LogP contribution is 2.52. The van der Waals surface area contributed by atoms with Crippen molar-refractivity contribution in [1.29, 1.82) is 0 Å². The first-order valence-electron chi connectivity index (χ1n) is 7.20. The Kier molecular flexibility index (Phi) is 4.02. The third-order valence-corrected chi connectivity index (χ3v) is 4.46. The van der Waals surface area contributed by atoms with Crippen molar-refractivity contribution in [3.8, 4) is 5.75 Å². The number of hydrogen-bond donors (Lipinski definition) is 1. The molecular formula is C17H24O4. The van der Waals surface area contributed by atoms with Gasteiger partial charge < -0.3 is 14.6 Å². The summed E-state index contributed by atoms with van der Waals surface area (Å²) in [5.41, 5.74) is 2.07. The van der Waals surface area contributed by atoms with Gasteiger partial charge in [-0.3, -0.25) is 4.79 Å². The van der Waals surface area contributed by atoms with Crippen LogP contribution in [0.5, 0.6) is 5.75 Å². The molecule has 0 aromatic heterocycles. The summed E-state index contributed by atoms with van der Waals surface area (Å²) in [7, 11) is 3.28. The average molecular weight is 292 g/mol. The number of ether oxygens (including phenoxy) is 2. The summed E-state index contributed by atoms with van der Waals surface area (Å²) in [5, 5.41) is 9.56. The number of benzene rings is 1. The molecule has 0 unspecified atom stereocenters. The molecule has 1 N–H and O–H groups in total. The minimum absolute atomic E-state index is 0.172. The minimum Gasteiger partial charge on any atom is -0.496 e. The van der Waals surface area contributed by atoms with Crippen molar-refractivity contribution in [3.05, 3.63) is 28.8 Å². The summed E-state index contributed by atoms with van der Waals surface area (Å²) in [5.74, 6) is -0.0930. The van der Waals surface area contributed by atoms with Crippen LogP contribution < -0.4 is 4.74 Å². The van der Waals surface area contributed by atoms with E-state index in [9.17, 15) is 9.90 Å². The zero-order valence-electron chi connectivity index (χ0n) is 13.4. The first kappa shape index (κ1) is 15.8. The second-order valence-electron chi connectivity index (χ2n) is 6.57. The van der Waals surface area contributed by atoms with E-state index in [1.165, 1.54) is 0 Å². The van der Waals surface area contributed by atoms with Crippen LogP contribution >= 0.6 is 0 Å². The molecule has 1 aromatic carbocycles. The van der Waals surface area contributed by atoms with Crippen molar-refractivity contribution in [2.45, 2.75) is 44.4 Å². The molecule has 0 amide bonds. The lowest BCUT2D eigenvalue weighted by molar-refractivity contribution is -0.140. The molecule has 0 bridgehead atoms. The van der Waals surface area contributed by atoms with Crippen molar-refractivity contribution in [2.24, 2.45) is 0 Å². The fraction of sp³-hybridized carbons (Fsp3) is 0.588. The number of carbonyl (C=O) groups is 1. The SMILES string of the molecule is COCC(C)(C)c1cc(C2(C(=O)O)CC2)c(OC)cc1C. The van der Waals surface area contributed by atoms with E-state index in [0.29, 0.717) is 25.2 Å². The number of carboxylic acids is 1. The average Bonchev–Trinajstić information content (AvgIpc) is 3.19. The molecule has 4 heteroatoms. The predicted octanol–water partition coefficient (Wildman–Crippen LogP) is 3.04. The molecule has 1 saturated carbocycles. The Hall–Kier alpha value is -1.55. The lowest BCUT2D eigenvalue weighted by Gasteiger charge is -2.28. The molecule has 1 aliphatic carbocycles. The quantitative estimate of drug-likeness (QED) is 0.875. The number of aryl methyl sites for hydroxylation is 1. The van der Waals surface area contributed by atoms with Gasteiger partial charge in [0, 0.05) is 18.1 Å². The number of aliphatic carboxylic acids is 1. The molecule has 0 spiro atoms. The molecule has 0 aliphatic heterocycles. The molecule has 2 rings (SSSR count). The van der Waals surface area contributed by atoms with Crippen LogP contribution in [0.4, 0.5) is 0 Å². The number of rotatable bonds is 6. The molecule has 1 aliphatic rings. The summed E-state index contributed by atoms with van der Waals surface area (Å²) in [4.78, 5) is 11.6. The third-order valence-electron chi connectivity index (χ3n) is 4.46. The third kappa shape index (κ3) is 2.64. The van der Waals surface area contributed by atoms with Gasteiger partial charge in [0.05, 0.1) is 19.1 Å². The molecule has 0 saturated heterocycles.